The number of carbonyl (C=O) groups is 2. The zero-order chi connectivity index (χ0) is 24.5. The SMILES string of the molecule is [C-]#[N+]C1=C[C@]2(C)C3=CC(=O)[C@@]4(C)[C@@H]5CC(C)(C)CC[C@]56CC[C@]4(OC6)[C@]3(C)CC[C@H]2[C@H](C)C1=O. The summed E-state index contributed by atoms with van der Waals surface area (Å²) < 4.78 is 7.06. The lowest BCUT2D eigenvalue weighted by Gasteiger charge is -2.76. The van der Waals surface area contributed by atoms with Gasteiger partial charge in [0, 0.05) is 16.7 Å². The minimum atomic E-state index is -0.523. The molecule has 0 aromatic rings. The minimum absolute atomic E-state index is 0.0346. The van der Waals surface area contributed by atoms with Crippen molar-refractivity contribution in [3.63, 3.8) is 0 Å². The Hall–Kier alpha value is -1.73. The number of ketones is 2. The van der Waals surface area contributed by atoms with E-state index < -0.39 is 16.4 Å². The van der Waals surface area contributed by atoms with Gasteiger partial charge in [-0.2, -0.15) is 0 Å². The predicted molar refractivity (Wildman–Crippen MR) is 130 cm³/mol. The first-order chi connectivity index (χ1) is 15.8. The van der Waals surface area contributed by atoms with Crippen molar-refractivity contribution >= 4 is 11.6 Å². The second-order valence-corrected chi connectivity index (χ2v) is 14.1. The van der Waals surface area contributed by atoms with Gasteiger partial charge in [-0.05, 0) is 86.2 Å². The second-order valence-electron chi connectivity index (χ2n) is 14.1. The number of nitrogens with zero attached hydrogens (tertiary/aromatic N) is 1. The zero-order valence-electron chi connectivity index (χ0n) is 21.7. The molecule has 4 nitrogen and oxygen atoms in total. The van der Waals surface area contributed by atoms with Crippen LogP contribution in [-0.4, -0.2) is 23.8 Å². The maximum Gasteiger partial charge on any atom is 0.226 e. The molecule has 0 radical (unpaired) electrons. The molecule has 2 aliphatic heterocycles. The number of rotatable bonds is 0. The third kappa shape index (κ3) is 2.25. The van der Waals surface area contributed by atoms with E-state index in [0.717, 1.165) is 50.7 Å². The van der Waals surface area contributed by atoms with Crippen LogP contribution >= 0.6 is 0 Å². The highest BCUT2D eigenvalue weighted by Gasteiger charge is 2.78. The molecule has 2 bridgehead atoms. The highest BCUT2D eigenvalue weighted by Crippen LogP contribution is 2.77. The summed E-state index contributed by atoms with van der Waals surface area (Å²) in [5, 5.41) is 0. The van der Waals surface area contributed by atoms with Gasteiger partial charge in [0.1, 0.15) is 0 Å². The van der Waals surface area contributed by atoms with Gasteiger partial charge in [0.05, 0.1) is 24.2 Å². The van der Waals surface area contributed by atoms with E-state index in [2.05, 4.69) is 39.5 Å². The highest BCUT2D eigenvalue weighted by molar-refractivity contribution is 6.01. The molecule has 5 fully saturated rings. The van der Waals surface area contributed by atoms with Crippen LogP contribution in [0.25, 0.3) is 4.85 Å². The fourth-order valence-electron chi connectivity index (χ4n) is 10.3. The Balaban J connectivity index is 1.57. The Bertz CT molecular complexity index is 1110. The highest BCUT2D eigenvalue weighted by atomic mass is 16.5. The smallest absolute Gasteiger partial charge is 0.226 e. The molecule has 5 aliphatic carbocycles. The fourth-order valence-corrected chi connectivity index (χ4v) is 10.3. The summed E-state index contributed by atoms with van der Waals surface area (Å²) >= 11 is 0. The standard InChI is InChI=1S/C30H39NO3/c1-18-19-8-9-27(5)21(26(19,4)15-20(31-7)24(18)33)14-23(32)28(6)22-16-25(2,3)10-11-29(22)12-13-30(27,28)34-17-29/h14-15,18-19,22H,8-13,16-17H2,1-6H3/t18-,19-,22-,26-,27+,28+,29+,30-/m0/s1. The quantitative estimate of drug-likeness (QED) is 0.397. The summed E-state index contributed by atoms with van der Waals surface area (Å²) in [6, 6.07) is 0. The number of hydrogen-bond donors (Lipinski definition) is 0. The maximum atomic E-state index is 14.4. The molecular weight excluding hydrogens is 422 g/mol. The van der Waals surface area contributed by atoms with Crippen LogP contribution in [0.15, 0.2) is 23.4 Å². The second kappa shape index (κ2) is 6.33. The number of fused-ring (bicyclic) bond motifs is 5. The lowest BCUT2D eigenvalue weighted by molar-refractivity contribution is -0.330. The molecule has 3 saturated carbocycles. The first kappa shape index (κ1) is 22.7. The van der Waals surface area contributed by atoms with E-state index in [1.165, 1.54) is 6.42 Å². The lowest BCUT2D eigenvalue weighted by atomic mass is 9.32. The number of allylic oxidation sites excluding steroid dienone is 3. The van der Waals surface area contributed by atoms with E-state index in [1.54, 1.807) is 0 Å². The number of Topliss-reactive ketones (excluding diaryl/α,β-unsaturated/α-hetero) is 1. The Morgan fingerprint density at radius 3 is 2.38 bits per heavy atom. The summed E-state index contributed by atoms with van der Waals surface area (Å²) in [6.45, 7) is 21.9. The van der Waals surface area contributed by atoms with Gasteiger partial charge in [-0.1, -0.05) is 40.7 Å². The summed E-state index contributed by atoms with van der Waals surface area (Å²) in [7, 11) is 0. The molecule has 7 rings (SSSR count). The monoisotopic (exact) mass is 461 g/mol. The molecule has 4 heteroatoms. The van der Waals surface area contributed by atoms with Gasteiger partial charge in [-0.25, -0.2) is 4.85 Å². The molecule has 182 valence electrons. The van der Waals surface area contributed by atoms with Crippen LogP contribution < -0.4 is 0 Å². The van der Waals surface area contributed by atoms with Gasteiger partial charge in [-0.15, -0.1) is 0 Å². The Kier molecular flexibility index (Phi) is 4.23. The summed E-state index contributed by atoms with van der Waals surface area (Å²) in [5.74, 6) is 0.470. The predicted octanol–water partition coefficient (Wildman–Crippen LogP) is 6.32. The van der Waals surface area contributed by atoms with E-state index in [0.29, 0.717) is 5.92 Å². The summed E-state index contributed by atoms with van der Waals surface area (Å²) in [6.07, 6.45) is 11.3. The third-order valence-electron chi connectivity index (χ3n) is 12.3. The van der Waals surface area contributed by atoms with Gasteiger partial charge < -0.3 is 9.53 Å². The molecule has 0 amide bonds. The average Bonchev–Trinajstić information content (AvgIpc) is 2.79. The topological polar surface area (TPSA) is 47.7 Å². The Labute approximate surface area is 204 Å². The van der Waals surface area contributed by atoms with Crippen molar-refractivity contribution in [2.24, 2.45) is 44.8 Å². The third-order valence-corrected chi connectivity index (χ3v) is 12.3. The normalized spacial score (nSPS) is 52.9. The van der Waals surface area contributed by atoms with Gasteiger partial charge in [0.15, 0.2) is 11.6 Å². The number of hydrogen-bond acceptors (Lipinski definition) is 3. The van der Waals surface area contributed by atoms with Crippen molar-refractivity contribution in [1.82, 2.24) is 0 Å². The summed E-state index contributed by atoms with van der Waals surface area (Å²) in [4.78, 5) is 30.9. The van der Waals surface area contributed by atoms with Crippen LogP contribution in [0.3, 0.4) is 0 Å². The molecule has 2 saturated heterocycles. The van der Waals surface area contributed by atoms with Crippen molar-refractivity contribution < 1.29 is 14.3 Å². The molecule has 0 unspecified atom stereocenters. The largest absolute Gasteiger partial charge is 0.372 e. The maximum absolute atomic E-state index is 14.4. The van der Waals surface area contributed by atoms with Crippen molar-refractivity contribution in [2.75, 3.05) is 6.61 Å². The molecule has 34 heavy (non-hydrogen) atoms. The number of ether oxygens (including phenoxy) is 1. The zero-order valence-corrected chi connectivity index (χ0v) is 21.7. The van der Waals surface area contributed by atoms with Crippen LogP contribution in [0.5, 0.6) is 0 Å². The Morgan fingerprint density at radius 2 is 1.74 bits per heavy atom. The molecule has 2 spiro atoms. The van der Waals surface area contributed by atoms with Gasteiger partial charge >= 0.3 is 0 Å². The van der Waals surface area contributed by atoms with Crippen LogP contribution in [0, 0.1) is 51.4 Å². The summed E-state index contributed by atoms with van der Waals surface area (Å²) in [5.41, 5.74) is -0.0191. The van der Waals surface area contributed by atoms with Crippen LogP contribution in [0.2, 0.25) is 0 Å². The van der Waals surface area contributed by atoms with E-state index in [9.17, 15) is 9.59 Å². The fraction of sp³-hybridized carbons (Fsp3) is 0.767. The lowest BCUT2D eigenvalue weighted by Crippen LogP contribution is -2.78. The Morgan fingerprint density at radius 1 is 1.03 bits per heavy atom. The van der Waals surface area contributed by atoms with Crippen molar-refractivity contribution in [3.05, 3.63) is 34.8 Å². The van der Waals surface area contributed by atoms with Crippen molar-refractivity contribution in [3.8, 4) is 0 Å². The van der Waals surface area contributed by atoms with Crippen LogP contribution in [0.1, 0.15) is 86.5 Å². The van der Waals surface area contributed by atoms with Crippen LogP contribution in [0.4, 0.5) is 0 Å². The molecule has 2 heterocycles. The molecule has 7 aliphatic rings. The van der Waals surface area contributed by atoms with E-state index in [1.807, 2.05) is 19.1 Å². The number of carbonyl (C=O) groups excluding carboxylic acids is 2. The molecule has 0 aromatic carbocycles. The first-order valence-electron chi connectivity index (χ1n) is 13.4. The molecule has 0 N–H and O–H groups in total. The van der Waals surface area contributed by atoms with Crippen molar-refractivity contribution in [1.29, 1.82) is 0 Å². The average molecular weight is 462 g/mol. The van der Waals surface area contributed by atoms with Gasteiger partial charge in [0.2, 0.25) is 5.70 Å². The molecule has 8 atom stereocenters. The van der Waals surface area contributed by atoms with E-state index >= 15 is 0 Å². The first-order valence-corrected chi connectivity index (χ1v) is 13.4. The van der Waals surface area contributed by atoms with Crippen LogP contribution in [-0.2, 0) is 14.3 Å². The van der Waals surface area contributed by atoms with E-state index in [-0.39, 0.29) is 45.3 Å². The van der Waals surface area contributed by atoms with Gasteiger partial charge in [-0.3, -0.25) is 4.79 Å². The molecule has 0 aromatic heterocycles. The van der Waals surface area contributed by atoms with E-state index in [4.69, 9.17) is 11.3 Å². The van der Waals surface area contributed by atoms with Gasteiger partial charge in [0.25, 0.3) is 0 Å². The minimum Gasteiger partial charge on any atom is -0.372 e. The molecular formula is C30H39NO3. The van der Waals surface area contributed by atoms with Crippen molar-refractivity contribution in [2.45, 2.75) is 92.1 Å².